The van der Waals surface area contributed by atoms with E-state index < -0.39 is 0 Å². The van der Waals surface area contributed by atoms with Crippen LogP contribution in [0.25, 0.3) is 21.8 Å². The molecule has 0 bridgehead atoms. The molecule has 0 fully saturated rings. The van der Waals surface area contributed by atoms with Gasteiger partial charge in [0.1, 0.15) is 0 Å². The number of rotatable bonds is 4. The summed E-state index contributed by atoms with van der Waals surface area (Å²) < 4.78 is 0. The van der Waals surface area contributed by atoms with Crippen LogP contribution in [0.2, 0.25) is 0 Å². The van der Waals surface area contributed by atoms with Crippen molar-refractivity contribution in [1.29, 1.82) is 0 Å². The number of hydrogen-bond acceptors (Lipinski definition) is 4. The zero-order chi connectivity index (χ0) is 19.9. The minimum absolute atomic E-state index is 0. The van der Waals surface area contributed by atoms with E-state index in [-0.39, 0.29) is 28.6 Å². The molecule has 4 nitrogen and oxygen atoms in total. The van der Waals surface area contributed by atoms with Crippen LogP contribution in [0.1, 0.15) is 37.8 Å². The summed E-state index contributed by atoms with van der Waals surface area (Å²) in [7, 11) is 0. The van der Waals surface area contributed by atoms with E-state index in [4.69, 9.17) is 0 Å². The van der Waals surface area contributed by atoms with Crippen LogP contribution in [0.3, 0.4) is 0 Å². The van der Waals surface area contributed by atoms with Gasteiger partial charge in [0.05, 0.1) is 11.0 Å². The molecule has 0 unspecified atom stereocenters. The first-order chi connectivity index (χ1) is 13.7. The Bertz CT molecular complexity index is 996. The zero-order valence-corrected chi connectivity index (χ0v) is 17.6. The molecule has 0 amide bonds. The largest absolute Gasteiger partial charge is 2.00 e. The normalized spacial score (nSPS) is 10.3. The fourth-order valence-electron chi connectivity index (χ4n) is 3.25. The van der Waals surface area contributed by atoms with E-state index in [1.54, 1.807) is 12.4 Å². The summed E-state index contributed by atoms with van der Waals surface area (Å²) in [5.74, 6) is 0.176. The maximum atomic E-state index is 11.9. The molecule has 2 heterocycles. The van der Waals surface area contributed by atoms with E-state index in [0.717, 1.165) is 47.6 Å². The van der Waals surface area contributed by atoms with Crippen molar-refractivity contribution in [2.45, 2.75) is 39.5 Å². The topological polar surface area (TPSA) is 71.9 Å². The molecule has 153 valence electrons. The van der Waals surface area contributed by atoms with Crippen molar-refractivity contribution in [3.63, 3.8) is 0 Å². The molecule has 2 aromatic heterocycles. The van der Waals surface area contributed by atoms with E-state index in [2.05, 4.69) is 23.8 Å². The minimum Gasteiger partial charge on any atom is -0.871 e. The third-order valence-electron chi connectivity index (χ3n) is 4.66. The average Bonchev–Trinajstić information content (AvgIpc) is 2.73. The number of hydrogen-bond donors (Lipinski definition) is 0. The van der Waals surface area contributed by atoms with Crippen LogP contribution in [0.4, 0.5) is 0 Å². The van der Waals surface area contributed by atoms with E-state index in [9.17, 15) is 10.2 Å². The van der Waals surface area contributed by atoms with Crippen LogP contribution in [0.5, 0.6) is 11.5 Å². The second-order valence-corrected chi connectivity index (χ2v) is 6.76. The molecule has 5 heteroatoms. The van der Waals surface area contributed by atoms with Gasteiger partial charge in [-0.15, -0.1) is 0 Å². The van der Waals surface area contributed by atoms with Crippen molar-refractivity contribution in [1.82, 2.24) is 9.97 Å². The van der Waals surface area contributed by atoms with Gasteiger partial charge in [-0.1, -0.05) is 85.7 Å². The standard InChI is InChI=1S/2C12H13NO.Cu/c2*1-2-4-10-7-6-9-5-3-8-13-11(9)12(10)14;/h2*3,5-8,14H,2,4H2,1H3;/q;;+2/p-2. The van der Waals surface area contributed by atoms with Crippen LogP contribution in [0.15, 0.2) is 60.9 Å². The van der Waals surface area contributed by atoms with Gasteiger partial charge < -0.3 is 10.2 Å². The Balaban J connectivity index is 0.000000200. The number of aryl methyl sites for hydroxylation is 2. The Kier molecular flexibility index (Phi) is 8.44. The third-order valence-corrected chi connectivity index (χ3v) is 4.66. The van der Waals surface area contributed by atoms with Crippen molar-refractivity contribution in [2.75, 3.05) is 0 Å². The number of aromatic nitrogens is 2. The van der Waals surface area contributed by atoms with Crippen LogP contribution in [0, 0.1) is 0 Å². The van der Waals surface area contributed by atoms with Crippen LogP contribution >= 0.6 is 0 Å². The Morgan fingerprint density at radius 1 is 0.655 bits per heavy atom. The summed E-state index contributed by atoms with van der Waals surface area (Å²) in [5, 5.41) is 25.6. The quantitative estimate of drug-likeness (QED) is 0.442. The predicted octanol–water partition coefficient (Wildman–Crippen LogP) is 4.52. The smallest absolute Gasteiger partial charge is 0.871 e. The molecule has 0 N–H and O–H groups in total. The summed E-state index contributed by atoms with van der Waals surface area (Å²) in [6, 6.07) is 15.3. The molecular formula is C24H24CuN2O2. The summed E-state index contributed by atoms with van der Waals surface area (Å²) in [6.45, 7) is 4.14. The SMILES string of the molecule is CCCc1ccc2cccnc2c1[O-].CCCc1ccc2cccnc2c1[O-].[Cu+2]. The van der Waals surface area contributed by atoms with Gasteiger partial charge >= 0.3 is 17.1 Å². The van der Waals surface area contributed by atoms with Crippen LogP contribution < -0.4 is 10.2 Å². The van der Waals surface area contributed by atoms with Gasteiger partial charge in [0.25, 0.3) is 0 Å². The van der Waals surface area contributed by atoms with Gasteiger partial charge in [0.2, 0.25) is 0 Å². The van der Waals surface area contributed by atoms with Crippen molar-refractivity contribution in [3.05, 3.63) is 72.1 Å². The molecular weight excluding hydrogens is 412 g/mol. The summed E-state index contributed by atoms with van der Waals surface area (Å²) in [6.07, 6.45) is 7.00. The fraction of sp³-hybridized carbons (Fsp3) is 0.250. The zero-order valence-electron chi connectivity index (χ0n) is 16.6. The molecule has 0 atom stereocenters. The van der Waals surface area contributed by atoms with Gasteiger partial charge in [0.15, 0.2) is 0 Å². The molecule has 0 spiro atoms. The average molecular weight is 436 g/mol. The molecule has 4 rings (SSSR count). The molecule has 4 aromatic rings. The molecule has 1 radical (unpaired) electrons. The third kappa shape index (κ3) is 5.26. The number of pyridine rings is 2. The number of nitrogens with zero attached hydrogens (tertiary/aromatic N) is 2. The van der Waals surface area contributed by atoms with Crippen molar-refractivity contribution >= 4 is 21.8 Å². The van der Waals surface area contributed by atoms with E-state index in [1.807, 2.05) is 48.5 Å². The Labute approximate surface area is 182 Å². The fourth-order valence-corrected chi connectivity index (χ4v) is 3.25. The van der Waals surface area contributed by atoms with Gasteiger partial charge in [-0.3, -0.25) is 9.97 Å². The first-order valence-corrected chi connectivity index (χ1v) is 9.73. The van der Waals surface area contributed by atoms with Gasteiger partial charge in [-0.2, -0.15) is 0 Å². The number of benzene rings is 2. The molecule has 29 heavy (non-hydrogen) atoms. The minimum atomic E-state index is 0. The first kappa shape index (κ1) is 22.7. The van der Waals surface area contributed by atoms with Crippen molar-refractivity contribution < 1.29 is 27.3 Å². The maximum absolute atomic E-state index is 11.9. The maximum Gasteiger partial charge on any atom is 2.00 e. The first-order valence-electron chi connectivity index (χ1n) is 9.73. The van der Waals surface area contributed by atoms with Crippen molar-refractivity contribution in [2.24, 2.45) is 0 Å². The molecule has 0 saturated heterocycles. The predicted molar refractivity (Wildman–Crippen MR) is 110 cm³/mol. The molecule has 2 aromatic carbocycles. The van der Waals surface area contributed by atoms with Gasteiger partial charge in [0, 0.05) is 12.4 Å². The van der Waals surface area contributed by atoms with E-state index in [1.165, 1.54) is 0 Å². The van der Waals surface area contributed by atoms with Gasteiger partial charge in [-0.05, 0) is 35.7 Å². The van der Waals surface area contributed by atoms with E-state index >= 15 is 0 Å². The summed E-state index contributed by atoms with van der Waals surface area (Å²) in [4.78, 5) is 8.22. The molecule has 0 aliphatic heterocycles. The van der Waals surface area contributed by atoms with Gasteiger partial charge in [-0.25, -0.2) is 0 Å². The Morgan fingerprint density at radius 3 is 1.45 bits per heavy atom. The van der Waals surface area contributed by atoms with E-state index in [0.29, 0.717) is 11.0 Å². The Hall–Kier alpha value is -2.62. The summed E-state index contributed by atoms with van der Waals surface area (Å²) in [5.41, 5.74) is 2.94. The second kappa shape index (κ2) is 10.8. The number of fused-ring (bicyclic) bond motifs is 2. The van der Waals surface area contributed by atoms with Crippen molar-refractivity contribution in [3.8, 4) is 11.5 Å². The van der Waals surface area contributed by atoms with Crippen LogP contribution in [-0.4, -0.2) is 9.97 Å². The monoisotopic (exact) mass is 435 g/mol. The second-order valence-electron chi connectivity index (χ2n) is 6.76. The van der Waals surface area contributed by atoms with Crippen LogP contribution in [-0.2, 0) is 29.9 Å². The molecule has 0 aliphatic carbocycles. The molecule has 0 saturated carbocycles. The summed E-state index contributed by atoms with van der Waals surface area (Å²) >= 11 is 0. The molecule has 0 aliphatic rings. The Morgan fingerprint density at radius 2 is 1.07 bits per heavy atom.